The first-order valence-electron chi connectivity index (χ1n) is 8.01. The second kappa shape index (κ2) is 5.85. The van der Waals surface area contributed by atoms with Crippen LogP contribution < -0.4 is 0 Å². The molecule has 1 fully saturated rings. The van der Waals surface area contributed by atoms with Crippen LogP contribution in [0.3, 0.4) is 0 Å². The van der Waals surface area contributed by atoms with Gasteiger partial charge in [-0.1, -0.05) is 30.3 Å². The standard InChI is InChI=1S/C17H18FN3O2/c18-13-9-14(11-5-2-1-3-6-11)21-17(13)19-16(20-21)15(22)12-7-4-8-23-10-12/h1-3,5-6,12-14H,4,7-10H2. The van der Waals surface area contributed by atoms with Gasteiger partial charge in [0.1, 0.15) is 0 Å². The smallest absolute Gasteiger partial charge is 0.218 e. The van der Waals surface area contributed by atoms with E-state index in [0.717, 1.165) is 18.4 Å². The summed E-state index contributed by atoms with van der Waals surface area (Å²) in [5.74, 6) is 0.0448. The number of aromatic nitrogens is 3. The van der Waals surface area contributed by atoms with E-state index in [9.17, 15) is 9.18 Å². The van der Waals surface area contributed by atoms with E-state index in [2.05, 4.69) is 10.1 Å². The molecule has 0 spiro atoms. The van der Waals surface area contributed by atoms with Crippen LogP contribution in [0.2, 0.25) is 0 Å². The van der Waals surface area contributed by atoms with Gasteiger partial charge in [0.25, 0.3) is 0 Å². The van der Waals surface area contributed by atoms with Crippen molar-refractivity contribution < 1.29 is 13.9 Å². The number of ketones is 1. The Hall–Kier alpha value is -2.08. The third kappa shape index (κ3) is 2.57. The van der Waals surface area contributed by atoms with Crippen molar-refractivity contribution in [3.05, 3.63) is 47.5 Å². The van der Waals surface area contributed by atoms with Crippen LogP contribution in [-0.4, -0.2) is 33.8 Å². The fraction of sp³-hybridized carbons (Fsp3) is 0.471. The van der Waals surface area contributed by atoms with Crippen molar-refractivity contribution in [3.63, 3.8) is 0 Å². The fourth-order valence-corrected chi connectivity index (χ4v) is 3.37. The van der Waals surface area contributed by atoms with Gasteiger partial charge in [-0.3, -0.25) is 4.79 Å². The van der Waals surface area contributed by atoms with Gasteiger partial charge in [0.05, 0.1) is 12.6 Å². The summed E-state index contributed by atoms with van der Waals surface area (Å²) in [6.45, 7) is 1.10. The van der Waals surface area contributed by atoms with Crippen LogP contribution in [0.1, 0.15) is 53.5 Å². The van der Waals surface area contributed by atoms with Gasteiger partial charge in [0.15, 0.2) is 12.0 Å². The lowest BCUT2D eigenvalue weighted by atomic mass is 9.97. The van der Waals surface area contributed by atoms with Crippen molar-refractivity contribution in [2.75, 3.05) is 13.2 Å². The molecule has 4 rings (SSSR count). The van der Waals surface area contributed by atoms with Gasteiger partial charge >= 0.3 is 0 Å². The Morgan fingerprint density at radius 3 is 2.87 bits per heavy atom. The van der Waals surface area contributed by atoms with Crippen molar-refractivity contribution in [1.82, 2.24) is 14.8 Å². The Kier molecular flexibility index (Phi) is 3.69. The van der Waals surface area contributed by atoms with Crippen molar-refractivity contribution in [2.45, 2.75) is 31.5 Å². The van der Waals surface area contributed by atoms with Crippen LogP contribution >= 0.6 is 0 Å². The lowest BCUT2D eigenvalue weighted by Gasteiger charge is -2.19. The molecule has 0 N–H and O–H groups in total. The van der Waals surface area contributed by atoms with E-state index in [-0.39, 0.29) is 29.4 Å². The number of nitrogens with zero attached hydrogens (tertiary/aromatic N) is 3. The molecule has 120 valence electrons. The average Bonchev–Trinajstić information content (AvgIpc) is 3.17. The van der Waals surface area contributed by atoms with E-state index in [4.69, 9.17) is 4.74 Å². The van der Waals surface area contributed by atoms with Crippen LogP contribution in [-0.2, 0) is 4.74 Å². The highest BCUT2D eigenvalue weighted by Crippen LogP contribution is 2.39. The normalized spacial score (nSPS) is 26.9. The minimum atomic E-state index is -1.18. The zero-order chi connectivity index (χ0) is 15.8. The largest absolute Gasteiger partial charge is 0.381 e. The molecule has 2 aliphatic rings. The van der Waals surface area contributed by atoms with Crippen LogP contribution in [0.4, 0.5) is 4.39 Å². The number of alkyl halides is 1. The molecule has 2 aliphatic heterocycles. The summed E-state index contributed by atoms with van der Waals surface area (Å²) in [7, 11) is 0. The quantitative estimate of drug-likeness (QED) is 0.817. The monoisotopic (exact) mass is 315 g/mol. The van der Waals surface area contributed by atoms with Gasteiger partial charge in [-0.25, -0.2) is 14.1 Å². The molecule has 1 aromatic heterocycles. The summed E-state index contributed by atoms with van der Waals surface area (Å²) in [6.07, 6.45) is 0.781. The van der Waals surface area contributed by atoms with Crippen LogP contribution in [0.25, 0.3) is 0 Å². The number of fused-ring (bicyclic) bond motifs is 1. The van der Waals surface area contributed by atoms with E-state index >= 15 is 0 Å². The molecule has 3 unspecified atom stereocenters. The van der Waals surface area contributed by atoms with Crippen LogP contribution in [0.5, 0.6) is 0 Å². The number of Topliss-reactive ketones (excluding diaryl/α,β-unsaturated/α-hetero) is 1. The molecular formula is C17H18FN3O2. The molecule has 0 saturated carbocycles. The summed E-state index contributed by atoms with van der Waals surface area (Å²) in [6, 6.07) is 9.46. The molecular weight excluding hydrogens is 297 g/mol. The molecule has 5 nitrogen and oxygen atoms in total. The number of halogens is 1. The maximum atomic E-state index is 14.3. The Morgan fingerprint density at radius 1 is 1.30 bits per heavy atom. The summed E-state index contributed by atoms with van der Waals surface area (Å²) in [4.78, 5) is 16.7. The van der Waals surface area contributed by atoms with E-state index in [1.807, 2.05) is 30.3 Å². The fourth-order valence-electron chi connectivity index (χ4n) is 3.37. The molecule has 0 amide bonds. The summed E-state index contributed by atoms with van der Waals surface area (Å²) in [5.41, 5.74) is 0.985. The predicted molar refractivity (Wildman–Crippen MR) is 80.9 cm³/mol. The zero-order valence-electron chi connectivity index (χ0n) is 12.7. The number of ether oxygens (including phenoxy) is 1. The third-order valence-electron chi connectivity index (χ3n) is 4.60. The lowest BCUT2D eigenvalue weighted by molar-refractivity contribution is 0.0454. The first kappa shape index (κ1) is 14.5. The van der Waals surface area contributed by atoms with Gasteiger partial charge in [0, 0.05) is 18.9 Å². The lowest BCUT2D eigenvalue weighted by Crippen LogP contribution is -2.26. The summed E-state index contributed by atoms with van der Waals surface area (Å²) >= 11 is 0. The van der Waals surface area contributed by atoms with Gasteiger partial charge in [-0.2, -0.15) is 0 Å². The SMILES string of the molecule is O=C(c1nc2n(n1)C(c1ccccc1)CC2F)C1CCCOC1. The number of rotatable bonds is 3. The van der Waals surface area contributed by atoms with Crippen molar-refractivity contribution in [1.29, 1.82) is 0 Å². The Morgan fingerprint density at radius 2 is 2.13 bits per heavy atom. The highest BCUT2D eigenvalue weighted by Gasteiger charge is 2.37. The molecule has 0 aliphatic carbocycles. The molecule has 3 atom stereocenters. The maximum Gasteiger partial charge on any atom is 0.218 e. The van der Waals surface area contributed by atoms with Crippen molar-refractivity contribution in [2.24, 2.45) is 5.92 Å². The minimum absolute atomic E-state index is 0.124. The number of hydrogen-bond donors (Lipinski definition) is 0. The summed E-state index contributed by atoms with van der Waals surface area (Å²) < 4.78 is 21.2. The number of carbonyl (C=O) groups excluding carboxylic acids is 1. The average molecular weight is 315 g/mol. The third-order valence-corrected chi connectivity index (χ3v) is 4.60. The second-order valence-electron chi connectivity index (χ2n) is 6.15. The van der Waals surface area contributed by atoms with E-state index in [1.54, 1.807) is 4.68 Å². The number of benzene rings is 1. The van der Waals surface area contributed by atoms with Gasteiger partial charge < -0.3 is 4.74 Å². The van der Waals surface area contributed by atoms with Crippen molar-refractivity contribution in [3.8, 4) is 0 Å². The molecule has 1 aromatic carbocycles. The maximum absolute atomic E-state index is 14.3. The summed E-state index contributed by atoms with van der Waals surface area (Å²) in [5, 5.41) is 4.33. The van der Waals surface area contributed by atoms with Crippen LogP contribution in [0.15, 0.2) is 30.3 Å². The molecule has 6 heteroatoms. The second-order valence-corrected chi connectivity index (χ2v) is 6.15. The van der Waals surface area contributed by atoms with E-state index in [0.29, 0.717) is 19.6 Å². The van der Waals surface area contributed by atoms with E-state index in [1.165, 1.54) is 0 Å². The molecule has 2 aromatic rings. The molecule has 23 heavy (non-hydrogen) atoms. The van der Waals surface area contributed by atoms with Gasteiger partial charge in [-0.05, 0) is 18.4 Å². The Labute approximate surface area is 133 Å². The van der Waals surface area contributed by atoms with Gasteiger partial charge in [-0.15, -0.1) is 5.10 Å². The Balaban J connectivity index is 1.64. The molecule has 3 heterocycles. The van der Waals surface area contributed by atoms with Crippen molar-refractivity contribution >= 4 is 5.78 Å². The predicted octanol–water partition coefficient (Wildman–Crippen LogP) is 2.89. The van der Waals surface area contributed by atoms with Gasteiger partial charge in [0.2, 0.25) is 11.6 Å². The number of hydrogen-bond acceptors (Lipinski definition) is 4. The topological polar surface area (TPSA) is 57.0 Å². The van der Waals surface area contributed by atoms with E-state index < -0.39 is 6.17 Å². The molecule has 0 radical (unpaired) electrons. The zero-order valence-corrected chi connectivity index (χ0v) is 12.7. The molecule has 0 bridgehead atoms. The Bertz CT molecular complexity index is 710. The minimum Gasteiger partial charge on any atom is -0.381 e. The molecule has 1 saturated heterocycles. The highest BCUT2D eigenvalue weighted by molar-refractivity contribution is 5.94. The van der Waals surface area contributed by atoms with Crippen LogP contribution in [0, 0.1) is 5.92 Å². The first-order chi connectivity index (χ1) is 11.2. The first-order valence-corrected chi connectivity index (χ1v) is 8.01. The highest BCUT2D eigenvalue weighted by atomic mass is 19.1. The number of carbonyl (C=O) groups is 1.